The van der Waals surface area contributed by atoms with Crippen LogP contribution in [-0.2, 0) is 0 Å². The summed E-state index contributed by atoms with van der Waals surface area (Å²) in [4.78, 5) is 7.40. The number of hydrazone groups is 1. The van der Waals surface area contributed by atoms with E-state index in [0.29, 0.717) is 6.67 Å². The normalized spacial score (nSPS) is 12.6. The van der Waals surface area contributed by atoms with Crippen LogP contribution in [0.1, 0.15) is 22.3 Å². The van der Waals surface area contributed by atoms with Gasteiger partial charge in [0.05, 0.1) is 17.1 Å². The third-order valence-electron chi connectivity index (χ3n) is 9.71. The lowest BCUT2D eigenvalue weighted by Crippen LogP contribution is -2.54. The summed E-state index contributed by atoms with van der Waals surface area (Å²) in [6, 6.07) is 60.1. The first-order valence-corrected chi connectivity index (χ1v) is 17.6. The molecule has 0 bridgehead atoms. The molecule has 0 radical (unpaired) electrons. The van der Waals surface area contributed by atoms with E-state index in [1.54, 1.807) is 0 Å². The van der Waals surface area contributed by atoms with Crippen LogP contribution in [-0.4, -0.2) is 24.2 Å². The number of aromatic nitrogens is 1. The number of para-hydroxylation sites is 1. The van der Waals surface area contributed by atoms with Gasteiger partial charge in [0.15, 0.2) is 5.84 Å². The van der Waals surface area contributed by atoms with Gasteiger partial charge in [0, 0.05) is 16.8 Å². The van der Waals surface area contributed by atoms with Gasteiger partial charge in [-0.3, -0.25) is 0 Å². The third-order valence-corrected chi connectivity index (χ3v) is 9.71. The Morgan fingerprint density at radius 3 is 1.71 bits per heavy atom. The Kier molecular flexibility index (Phi) is 8.77. The summed E-state index contributed by atoms with van der Waals surface area (Å²) in [5, 5.41) is 7.36. The highest BCUT2D eigenvalue weighted by Crippen LogP contribution is 2.27. The Labute approximate surface area is 301 Å². The minimum absolute atomic E-state index is 0.00760. The molecule has 0 spiro atoms. The molecule has 51 heavy (non-hydrogen) atoms. The predicted octanol–water partition coefficient (Wildman–Crippen LogP) is 8.50. The largest absolute Gasteiger partial charge is 0.304 e. The zero-order chi connectivity index (χ0) is 34.7. The van der Waals surface area contributed by atoms with Crippen molar-refractivity contribution in [3.63, 3.8) is 0 Å². The molecule has 5 heteroatoms. The second-order valence-electron chi connectivity index (χ2n) is 13.3. The number of pyridine rings is 1. The van der Waals surface area contributed by atoms with E-state index in [1.807, 2.05) is 12.1 Å². The van der Waals surface area contributed by atoms with Gasteiger partial charge in [0.1, 0.15) is 6.67 Å². The Hall–Kier alpha value is -6.20. The molecule has 0 aliphatic carbocycles. The molecule has 1 aliphatic heterocycles. The fourth-order valence-electron chi connectivity index (χ4n) is 7.43. The van der Waals surface area contributed by atoms with Crippen LogP contribution in [0, 0.1) is 20.8 Å². The second-order valence-corrected chi connectivity index (χ2v) is 13.3. The van der Waals surface area contributed by atoms with Gasteiger partial charge in [-0.25, -0.2) is 9.99 Å². The molecule has 7 aromatic rings. The Morgan fingerprint density at radius 2 is 1.02 bits per heavy atom. The summed E-state index contributed by atoms with van der Waals surface area (Å²) < 4.78 is 0. The van der Waals surface area contributed by atoms with Gasteiger partial charge in [-0.05, 0) is 62.7 Å². The molecule has 0 saturated carbocycles. The molecule has 6 aromatic carbocycles. The first kappa shape index (κ1) is 32.0. The summed E-state index contributed by atoms with van der Waals surface area (Å²) in [5.41, 5.74) is 15.0. The van der Waals surface area contributed by atoms with Crippen molar-refractivity contribution in [2.24, 2.45) is 5.10 Å². The molecule has 0 N–H and O–H groups in total. The van der Waals surface area contributed by atoms with Gasteiger partial charge in [-0.2, -0.15) is 5.10 Å². The average Bonchev–Trinajstić information content (AvgIpc) is 3.63. The lowest BCUT2D eigenvalue weighted by atomic mass is 9.35. The minimum atomic E-state index is 0.00760. The number of rotatable bonds is 8. The maximum absolute atomic E-state index is 5.23. The first-order valence-electron chi connectivity index (χ1n) is 17.6. The molecule has 4 nitrogen and oxygen atoms in total. The quantitative estimate of drug-likeness (QED) is 0.154. The lowest BCUT2D eigenvalue weighted by molar-refractivity contribution is 0.913. The van der Waals surface area contributed by atoms with E-state index in [2.05, 4.69) is 188 Å². The Morgan fingerprint density at radius 1 is 0.490 bits per heavy atom. The summed E-state index contributed by atoms with van der Waals surface area (Å²) in [6.45, 7) is 7.29. The summed E-state index contributed by atoms with van der Waals surface area (Å²) in [5.74, 6) is 0.937. The van der Waals surface area contributed by atoms with Gasteiger partial charge >= 0.3 is 0 Å². The maximum atomic E-state index is 5.23. The molecule has 2 heterocycles. The third kappa shape index (κ3) is 6.59. The van der Waals surface area contributed by atoms with Crippen LogP contribution in [0.15, 0.2) is 175 Å². The summed E-state index contributed by atoms with van der Waals surface area (Å²) in [7, 11) is 0. The zero-order valence-corrected chi connectivity index (χ0v) is 29.2. The summed E-state index contributed by atoms with van der Waals surface area (Å²) in [6.07, 6.45) is 0. The van der Waals surface area contributed by atoms with Crippen molar-refractivity contribution in [2.45, 2.75) is 20.8 Å². The fraction of sp³-hybridized carbons (Fsp3) is 0.0870. The van der Waals surface area contributed by atoms with Crippen molar-refractivity contribution in [3.05, 3.63) is 192 Å². The highest BCUT2D eigenvalue weighted by molar-refractivity contribution is 6.96. The van der Waals surface area contributed by atoms with Crippen molar-refractivity contribution >= 4 is 40.3 Å². The Balaban J connectivity index is 1.22. The molecule has 1 aliphatic rings. The highest BCUT2D eigenvalue weighted by Gasteiger charge is 2.29. The van der Waals surface area contributed by atoms with E-state index >= 15 is 0 Å². The van der Waals surface area contributed by atoms with Gasteiger partial charge < -0.3 is 4.90 Å². The maximum Gasteiger partial charge on any atom is 0.242 e. The van der Waals surface area contributed by atoms with Crippen LogP contribution in [0.4, 0.5) is 11.4 Å². The number of aryl methyl sites for hydroxylation is 3. The van der Waals surface area contributed by atoms with Crippen LogP contribution < -0.4 is 26.3 Å². The van der Waals surface area contributed by atoms with E-state index in [0.717, 1.165) is 45.3 Å². The van der Waals surface area contributed by atoms with Crippen LogP contribution in [0.2, 0.25) is 0 Å². The number of amidine groups is 1. The van der Waals surface area contributed by atoms with E-state index in [1.165, 1.54) is 33.1 Å². The van der Waals surface area contributed by atoms with Crippen LogP contribution >= 0.6 is 0 Å². The smallest absolute Gasteiger partial charge is 0.242 e. The van der Waals surface area contributed by atoms with Crippen molar-refractivity contribution in [2.75, 3.05) is 16.6 Å². The number of nitrogens with zero attached hydrogens (tertiary/aromatic N) is 4. The summed E-state index contributed by atoms with van der Waals surface area (Å²) >= 11 is 0. The molecule has 0 saturated heterocycles. The number of benzene rings is 6. The minimum Gasteiger partial charge on any atom is -0.304 e. The molecule has 8 rings (SSSR count). The van der Waals surface area contributed by atoms with E-state index in [9.17, 15) is 0 Å². The van der Waals surface area contributed by atoms with Gasteiger partial charge in [-0.1, -0.05) is 167 Å². The number of hydrogen-bond donors (Lipinski definition) is 0. The molecular formula is C46H39BN4. The van der Waals surface area contributed by atoms with E-state index in [4.69, 9.17) is 10.1 Å². The lowest BCUT2D eigenvalue weighted by Gasteiger charge is -2.24. The monoisotopic (exact) mass is 658 g/mol. The number of hydrogen-bond acceptors (Lipinski definition) is 4. The zero-order valence-electron chi connectivity index (χ0n) is 29.2. The second kappa shape index (κ2) is 14.0. The van der Waals surface area contributed by atoms with E-state index in [-0.39, 0.29) is 6.71 Å². The van der Waals surface area contributed by atoms with Crippen molar-refractivity contribution in [3.8, 4) is 22.5 Å². The van der Waals surface area contributed by atoms with Gasteiger partial charge in [-0.15, -0.1) is 0 Å². The molecular weight excluding hydrogens is 619 g/mol. The molecule has 0 unspecified atom stereocenters. The van der Waals surface area contributed by atoms with Gasteiger partial charge in [0.2, 0.25) is 6.71 Å². The SMILES string of the molecule is Cc1cc(C)c(B(c2cccc(-c3cccc(-c4ccccc4)n3)c2)c2cccc(N3CN(c4ccccc4)C(c4ccccc4)=N3)c2)c(C)c1. The first-order chi connectivity index (χ1) is 25.0. The van der Waals surface area contributed by atoms with Crippen molar-refractivity contribution < 1.29 is 0 Å². The molecule has 246 valence electrons. The molecule has 1 aromatic heterocycles. The molecule has 0 fully saturated rings. The average molecular weight is 659 g/mol. The number of anilines is 2. The fourth-order valence-corrected chi connectivity index (χ4v) is 7.43. The van der Waals surface area contributed by atoms with E-state index < -0.39 is 0 Å². The highest BCUT2D eigenvalue weighted by atomic mass is 15.6. The standard InChI is InChI=1S/C46H39BN4/c1-33-28-34(2)45(35(3)29-33)47(39-21-13-20-38(30-39)44-27-15-26-43(48-44)36-16-7-4-8-17-36)40-22-14-25-42(31-40)51-32-50(41-23-11-6-12-24-41)46(49-51)37-18-9-5-10-19-37/h4-31H,32H2,1-3H3. The van der Waals surface area contributed by atoms with Crippen molar-refractivity contribution in [1.29, 1.82) is 0 Å². The van der Waals surface area contributed by atoms with Crippen LogP contribution in [0.25, 0.3) is 22.5 Å². The topological polar surface area (TPSA) is 31.7 Å². The Bertz CT molecular complexity index is 2310. The predicted molar refractivity (Wildman–Crippen MR) is 216 cm³/mol. The molecule has 0 atom stereocenters. The van der Waals surface area contributed by atoms with Crippen LogP contribution in [0.5, 0.6) is 0 Å². The van der Waals surface area contributed by atoms with Crippen LogP contribution in [0.3, 0.4) is 0 Å². The van der Waals surface area contributed by atoms with Gasteiger partial charge in [0.25, 0.3) is 0 Å². The van der Waals surface area contributed by atoms with Crippen molar-refractivity contribution in [1.82, 2.24) is 4.98 Å². The molecule has 0 amide bonds.